The van der Waals surface area contributed by atoms with Gasteiger partial charge in [-0.1, -0.05) is 43.7 Å². The van der Waals surface area contributed by atoms with Gasteiger partial charge in [0.1, 0.15) is 6.04 Å². The minimum atomic E-state index is -4.50. The minimum Gasteiger partial charge on any atom is -0.287 e. The maximum Gasteiger partial charge on any atom is 0.409 e. The summed E-state index contributed by atoms with van der Waals surface area (Å²) in [6.07, 6.45) is -1.65. The van der Waals surface area contributed by atoms with E-state index in [0.29, 0.717) is 0 Å². The van der Waals surface area contributed by atoms with Gasteiger partial charge in [-0.05, 0) is 54.7 Å². The molecule has 0 aromatic heterocycles. The van der Waals surface area contributed by atoms with Crippen LogP contribution in [0.5, 0.6) is 0 Å². The van der Waals surface area contributed by atoms with E-state index in [2.05, 4.69) is 12.3 Å². The van der Waals surface area contributed by atoms with E-state index >= 15 is 0 Å². The van der Waals surface area contributed by atoms with Gasteiger partial charge in [-0.15, -0.1) is 0 Å². The molecular formula is C21H25F3N2O. The highest BCUT2D eigenvalue weighted by atomic mass is 19.4. The van der Waals surface area contributed by atoms with Crippen LogP contribution in [0.1, 0.15) is 50.8 Å². The number of aryl methyl sites for hydroxylation is 1. The minimum absolute atomic E-state index is 0.00548. The Morgan fingerprint density at radius 2 is 1.96 bits per heavy atom. The summed E-state index contributed by atoms with van der Waals surface area (Å²) in [6, 6.07) is 8.85. The number of benzene rings is 2. The molecule has 1 amide bonds. The lowest BCUT2D eigenvalue weighted by atomic mass is 9.93. The number of rotatable bonds is 5. The number of fused-ring (bicyclic) bond motifs is 1. The monoisotopic (exact) mass is 378 g/mol. The number of nitrogens with zero attached hydrogens (tertiary/aromatic N) is 1. The summed E-state index contributed by atoms with van der Waals surface area (Å²) in [6.45, 7) is 5.40. The van der Waals surface area contributed by atoms with Crippen LogP contribution in [-0.2, 0) is 11.2 Å². The van der Waals surface area contributed by atoms with Crippen LogP contribution in [0.2, 0.25) is 0 Å². The fourth-order valence-electron chi connectivity index (χ4n) is 3.63. The number of nitrogens with one attached hydrogen (secondary N) is 1. The molecule has 1 heterocycles. The molecule has 0 unspecified atom stereocenters. The standard InChI is InChI=1S/C21H25F3N2O/c1-4-5-7-14-8-6-9-15-10-11-16(12-17(14)15)18(21(22,23)24)26-13-20(2,3)19(27)25-26/h6,8-12,18H,4-5,7,13H2,1-3H3,(H,25,27)/t18-/m0/s1. The third-order valence-corrected chi connectivity index (χ3v) is 5.16. The lowest BCUT2D eigenvalue weighted by Crippen LogP contribution is -2.43. The first-order chi connectivity index (χ1) is 12.6. The summed E-state index contributed by atoms with van der Waals surface area (Å²) in [5, 5.41) is 2.81. The lowest BCUT2D eigenvalue weighted by Gasteiger charge is -2.30. The molecular weight excluding hydrogens is 353 g/mol. The maximum absolute atomic E-state index is 13.9. The van der Waals surface area contributed by atoms with Crippen LogP contribution in [0.3, 0.4) is 0 Å². The highest BCUT2D eigenvalue weighted by Crippen LogP contribution is 2.41. The summed E-state index contributed by atoms with van der Waals surface area (Å²) in [5.74, 6) is -0.388. The zero-order valence-electron chi connectivity index (χ0n) is 15.9. The molecule has 27 heavy (non-hydrogen) atoms. The summed E-state index contributed by atoms with van der Waals surface area (Å²) in [5.41, 5.74) is 2.77. The Hall–Kier alpha value is -2.08. The van der Waals surface area contributed by atoms with Gasteiger partial charge in [-0.2, -0.15) is 13.2 Å². The third-order valence-electron chi connectivity index (χ3n) is 5.16. The van der Waals surface area contributed by atoms with Gasteiger partial charge >= 0.3 is 6.18 Å². The van der Waals surface area contributed by atoms with Gasteiger partial charge in [0.05, 0.1) is 5.41 Å². The lowest BCUT2D eigenvalue weighted by molar-refractivity contribution is -0.191. The molecule has 1 N–H and O–H groups in total. The first-order valence-corrected chi connectivity index (χ1v) is 9.29. The van der Waals surface area contributed by atoms with Crippen LogP contribution in [0.4, 0.5) is 13.2 Å². The number of carbonyl (C=O) groups is 1. The molecule has 0 spiro atoms. The Bertz CT molecular complexity index is 845. The Morgan fingerprint density at radius 1 is 1.22 bits per heavy atom. The third kappa shape index (κ3) is 3.95. The van der Waals surface area contributed by atoms with Crippen molar-refractivity contribution in [2.75, 3.05) is 6.54 Å². The van der Waals surface area contributed by atoms with Gasteiger partial charge in [0.15, 0.2) is 0 Å². The fraction of sp³-hybridized carbons (Fsp3) is 0.476. The molecule has 6 heteroatoms. The summed E-state index contributed by atoms with van der Waals surface area (Å²) in [7, 11) is 0. The Morgan fingerprint density at radius 3 is 2.56 bits per heavy atom. The molecule has 1 atom stereocenters. The molecule has 1 aliphatic heterocycles. The van der Waals surface area contributed by atoms with E-state index in [9.17, 15) is 18.0 Å². The number of hydrogen-bond donors (Lipinski definition) is 1. The topological polar surface area (TPSA) is 32.3 Å². The van der Waals surface area contributed by atoms with E-state index in [0.717, 1.165) is 40.6 Å². The number of alkyl halides is 3. The van der Waals surface area contributed by atoms with E-state index in [1.807, 2.05) is 18.2 Å². The predicted molar refractivity (Wildman–Crippen MR) is 100.0 cm³/mol. The van der Waals surface area contributed by atoms with Crippen LogP contribution >= 0.6 is 0 Å². The molecule has 2 aromatic rings. The number of unbranched alkanes of at least 4 members (excludes halogenated alkanes) is 1. The number of hydrogen-bond acceptors (Lipinski definition) is 2. The van der Waals surface area contributed by atoms with E-state index in [1.54, 1.807) is 26.0 Å². The quantitative estimate of drug-likeness (QED) is 0.780. The molecule has 0 saturated carbocycles. The van der Waals surface area contributed by atoms with Gasteiger partial charge in [-0.3, -0.25) is 10.2 Å². The smallest absolute Gasteiger partial charge is 0.287 e. The number of halogens is 3. The second-order valence-electron chi connectivity index (χ2n) is 7.90. The van der Waals surface area contributed by atoms with Crippen molar-refractivity contribution in [1.29, 1.82) is 0 Å². The normalized spacial score (nSPS) is 18.7. The van der Waals surface area contributed by atoms with Gasteiger partial charge in [0, 0.05) is 6.54 Å². The molecule has 3 rings (SSSR count). The van der Waals surface area contributed by atoms with Crippen molar-refractivity contribution in [3.8, 4) is 0 Å². The average Bonchev–Trinajstić information content (AvgIpc) is 2.84. The fourth-order valence-corrected chi connectivity index (χ4v) is 3.63. The van der Waals surface area contributed by atoms with Crippen molar-refractivity contribution in [1.82, 2.24) is 10.4 Å². The van der Waals surface area contributed by atoms with Crippen molar-refractivity contribution in [3.63, 3.8) is 0 Å². The zero-order chi connectivity index (χ0) is 19.8. The average molecular weight is 378 g/mol. The van der Waals surface area contributed by atoms with Crippen molar-refractivity contribution < 1.29 is 18.0 Å². The van der Waals surface area contributed by atoms with Gasteiger partial charge in [0.2, 0.25) is 5.91 Å². The van der Waals surface area contributed by atoms with Crippen molar-refractivity contribution in [2.45, 2.75) is 52.3 Å². The van der Waals surface area contributed by atoms with Gasteiger partial charge in [-0.25, -0.2) is 5.01 Å². The van der Waals surface area contributed by atoms with Crippen LogP contribution < -0.4 is 5.43 Å². The van der Waals surface area contributed by atoms with E-state index in [1.165, 1.54) is 6.07 Å². The molecule has 0 aliphatic carbocycles. The van der Waals surface area contributed by atoms with E-state index in [4.69, 9.17) is 0 Å². The number of hydrazine groups is 1. The molecule has 146 valence electrons. The highest BCUT2D eigenvalue weighted by Gasteiger charge is 2.51. The van der Waals surface area contributed by atoms with Gasteiger partial charge in [0.25, 0.3) is 0 Å². The highest BCUT2D eigenvalue weighted by molar-refractivity contribution is 5.87. The Balaban J connectivity index is 2.05. The molecule has 0 radical (unpaired) electrons. The second kappa shape index (κ2) is 7.15. The van der Waals surface area contributed by atoms with Gasteiger partial charge < -0.3 is 0 Å². The van der Waals surface area contributed by atoms with Crippen LogP contribution in [0, 0.1) is 5.41 Å². The Labute approximate surface area is 157 Å². The molecule has 3 nitrogen and oxygen atoms in total. The molecule has 1 aliphatic rings. The maximum atomic E-state index is 13.9. The first-order valence-electron chi connectivity index (χ1n) is 9.29. The predicted octanol–water partition coefficient (Wildman–Crippen LogP) is 5.16. The van der Waals surface area contributed by atoms with Crippen LogP contribution in [-0.4, -0.2) is 23.6 Å². The summed E-state index contributed by atoms with van der Waals surface area (Å²) < 4.78 is 41.8. The first kappa shape index (κ1) is 19.7. The summed E-state index contributed by atoms with van der Waals surface area (Å²) in [4.78, 5) is 12.0. The number of carbonyl (C=O) groups excluding carboxylic acids is 1. The van der Waals surface area contributed by atoms with Crippen molar-refractivity contribution in [3.05, 3.63) is 47.5 Å². The summed E-state index contributed by atoms with van der Waals surface area (Å²) >= 11 is 0. The molecule has 1 fully saturated rings. The van der Waals surface area contributed by atoms with Crippen LogP contribution in [0.25, 0.3) is 10.8 Å². The molecule has 2 aromatic carbocycles. The van der Waals surface area contributed by atoms with E-state index < -0.39 is 17.6 Å². The largest absolute Gasteiger partial charge is 0.409 e. The number of amides is 1. The second-order valence-corrected chi connectivity index (χ2v) is 7.90. The SMILES string of the molecule is CCCCc1cccc2ccc([C@H](N3CC(C)(C)C(=O)N3)C(F)(F)F)cc12. The molecule has 1 saturated heterocycles. The molecule has 0 bridgehead atoms. The van der Waals surface area contributed by atoms with Crippen molar-refractivity contribution >= 4 is 16.7 Å². The van der Waals surface area contributed by atoms with Crippen LogP contribution in [0.15, 0.2) is 36.4 Å². The Kier molecular flexibility index (Phi) is 5.21. The van der Waals surface area contributed by atoms with Crippen molar-refractivity contribution in [2.24, 2.45) is 5.41 Å². The zero-order valence-corrected chi connectivity index (χ0v) is 15.9. The van der Waals surface area contributed by atoms with E-state index in [-0.39, 0.29) is 18.0 Å².